The van der Waals surface area contributed by atoms with Gasteiger partial charge >= 0.3 is 29.6 Å². The van der Waals surface area contributed by atoms with Gasteiger partial charge in [-0.3, -0.25) is 9.59 Å². The van der Waals surface area contributed by atoms with Crippen molar-refractivity contribution >= 4 is 22.9 Å². The Morgan fingerprint density at radius 2 is 2.12 bits per heavy atom. The standard InChI is InChI=1S/C8H8N4O2S.Na/c1-12-7(14)5-6(11-8(12)15-2)10-4(13)3-9-5;/h3H,1-2H3,(H,10,13,14);/q;+1/p-1. The molecule has 2 heterocycles. The Morgan fingerprint density at radius 1 is 1.44 bits per heavy atom. The molecule has 6 nitrogen and oxygen atoms in total. The molecule has 2 aromatic heterocycles. The zero-order chi connectivity index (χ0) is 11.0. The van der Waals surface area contributed by atoms with E-state index in [2.05, 4.69) is 15.0 Å². The minimum atomic E-state index is -0.490. The minimum absolute atomic E-state index is 0. The van der Waals surface area contributed by atoms with Crippen molar-refractivity contribution in [1.82, 2.24) is 19.5 Å². The fourth-order valence-corrected chi connectivity index (χ4v) is 1.72. The third-order valence-electron chi connectivity index (χ3n) is 1.91. The van der Waals surface area contributed by atoms with Crippen molar-refractivity contribution in [2.45, 2.75) is 5.16 Å². The summed E-state index contributed by atoms with van der Waals surface area (Å²) < 4.78 is 1.38. The van der Waals surface area contributed by atoms with Crippen LogP contribution in [0.1, 0.15) is 0 Å². The first-order chi connectivity index (χ1) is 7.13. The van der Waals surface area contributed by atoms with Crippen molar-refractivity contribution in [3.63, 3.8) is 0 Å². The summed E-state index contributed by atoms with van der Waals surface area (Å²) in [5.74, 6) is 0. The molecule has 0 aromatic carbocycles. The second-order valence-corrected chi connectivity index (χ2v) is 3.62. The molecular formula is C8H7N4NaO2S. The van der Waals surface area contributed by atoms with Gasteiger partial charge in [-0.25, -0.2) is 4.98 Å². The Kier molecular flexibility index (Phi) is 4.31. The molecule has 0 aliphatic carbocycles. The summed E-state index contributed by atoms with van der Waals surface area (Å²) in [6.45, 7) is 0. The minimum Gasteiger partial charge on any atom is -0.414 e. The molecule has 0 atom stereocenters. The molecule has 0 fully saturated rings. The van der Waals surface area contributed by atoms with Gasteiger partial charge in [0.25, 0.3) is 5.56 Å². The van der Waals surface area contributed by atoms with E-state index in [1.165, 1.54) is 16.3 Å². The quantitative estimate of drug-likeness (QED) is 0.293. The Bertz CT molecular complexity index is 636. The molecule has 0 bridgehead atoms. The maximum absolute atomic E-state index is 11.7. The van der Waals surface area contributed by atoms with E-state index in [9.17, 15) is 9.59 Å². The van der Waals surface area contributed by atoms with E-state index >= 15 is 0 Å². The molecule has 0 N–H and O–H groups in total. The van der Waals surface area contributed by atoms with E-state index in [0.717, 1.165) is 6.20 Å². The van der Waals surface area contributed by atoms with Crippen molar-refractivity contribution in [2.75, 3.05) is 6.26 Å². The molecule has 0 radical (unpaired) electrons. The predicted octanol–water partition coefficient (Wildman–Crippen LogP) is -3.63. The van der Waals surface area contributed by atoms with Gasteiger partial charge < -0.3 is 14.5 Å². The van der Waals surface area contributed by atoms with Crippen LogP contribution in [0.5, 0.6) is 0 Å². The zero-order valence-electron chi connectivity index (χ0n) is 9.09. The first-order valence-electron chi connectivity index (χ1n) is 4.08. The summed E-state index contributed by atoms with van der Waals surface area (Å²) in [5.41, 5.74) is -0.558. The molecule has 0 saturated carbocycles. The molecule has 0 unspecified atom stereocenters. The number of rotatable bonds is 1. The molecule has 16 heavy (non-hydrogen) atoms. The summed E-state index contributed by atoms with van der Waals surface area (Å²) in [6, 6.07) is 0. The summed E-state index contributed by atoms with van der Waals surface area (Å²) in [4.78, 5) is 34.1. The van der Waals surface area contributed by atoms with E-state index in [1.807, 2.05) is 0 Å². The molecule has 0 aliphatic rings. The van der Waals surface area contributed by atoms with E-state index in [1.54, 1.807) is 13.3 Å². The number of hydrogen-bond acceptors (Lipinski definition) is 5. The fourth-order valence-electron chi connectivity index (χ4n) is 1.19. The van der Waals surface area contributed by atoms with Crippen molar-refractivity contribution in [3.05, 3.63) is 26.9 Å². The normalized spacial score (nSPS) is 10.1. The maximum atomic E-state index is 11.7. The molecule has 0 amide bonds. The van der Waals surface area contributed by atoms with Crippen LogP contribution in [0.15, 0.2) is 20.9 Å². The Balaban J connectivity index is 0.00000128. The maximum Gasteiger partial charge on any atom is 1.00 e. The van der Waals surface area contributed by atoms with Gasteiger partial charge in [0.15, 0.2) is 5.56 Å². The number of nitrogens with zero attached hydrogens (tertiary/aromatic N) is 4. The zero-order valence-corrected chi connectivity index (χ0v) is 11.9. The molecule has 0 spiro atoms. The van der Waals surface area contributed by atoms with Crippen molar-refractivity contribution in [2.24, 2.45) is 7.05 Å². The Labute approximate surface area is 117 Å². The van der Waals surface area contributed by atoms with Crippen molar-refractivity contribution < 1.29 is 29.6 Å². The van der Waals surface area contributed by atoms with Gasteiger partial charge in [-0.1, -0.05) is 0 Å². The van der Waals surface area contributed by atoms with Gasteiger partial charge in [0.1, 0.15) is 5.52 Å². The van der Waals surface area contributed by atoms with Crippen LogP contribution in [-0.4, -0.2) is 20.8 Å². The second-order valence-electron chi connectivity index (χ2n) is 2.84. The van der Waals surface area contributed by atoms with Gasteiger partial charge in [0.05, 0.1) is 11.4 Å². The molecular weight excluding hydrogens is 239 g/mol. The third-order valence-corrected chi connectivity index (χ3v) is 2.64. The van der Waals surface area contributed by atoms with E-state index < -0.39 is 5.56 Å². The summed E-state index contributed by atoms with van der Waals surface area (Å²) >= 11 is 1.31. The molecule has 8 heteroatoms. The predicted molar refractivity (Wildman–Crippen MR) is 56.2 cm³/mol. The first-order valence-corrected chi connectivity index (χ1v) is 5.30. The fraction of sp³-hybridized carbons (Fsp3) is 0.250. The van der Waals surface area contributed by atoms with Crippen molar-refractivity contribution in [1.29, 1.82) is 0 Å². The van der Waals surface area contributed by atoms with Crippen LogP contribution in [0.2, 0.25) is 0 Å². The molecule has 78 valence electrons. The van der Waals surface area contributed by atoms with Gasteiger partial charge in [-0.2, -0.15) is 0 Å². The number of hydrogen-bond donors (Lipinski definition) is 0. The number of aromatic nitrogens is 4. The van der Waals surface area contributed by atoms with Gasteiger partial charge in [-0.15, -0.1) is 11.8 Å². The average Bonchev–Trinajstić information content (AvgIpc) is 2.23. The summed E-state index contributed by atoms with van der Waals surface area (Å²) in [7, 11) is 1.60. The smallest absolute Gasteiger partial charge is 0.414 e. The SMILES string of the molecule is CSc1nc2[n-]c(=O)cnc2c(=O)n1C.[Na+]. The van der Waals surface area contributed by atoms with Crippen LogP contribution in [0.3, 0.4) is 0 Å². The number of thioether (sulfide) groups is 1. The second kappa shape index (κ2) is 5.13. The molecule has 2 rings (SSSR count). The average molecular weight is 246 g/mol. The van der Waals surface area contributed by atoms with Crippen LogP contribution in [0, 0.1) is 0 Å². The monoisotopic (exact) mass is 246 g/mol. The van der Waals surface area contributed by atoms with Gasteiger partial charge in [0.2, 0.25) is 0 Å². The van der Waals surface area contributed by atoms with Crippen LogP contribution in [0.25, 0.3) is 11.2 Å². The van der Waals surface area contributed by atoms with Crippen LogP contribution in [0.4, 0.5) is 0 Å². The van der Waals surface area contributed by atoms with Crippen LogP contribution in [-0.2, 0) is 7.05 Å². The van der Waals surface area contributed by atoms with Gasteiger partial charge in [0, 0.05) is 7.05 Å². The summed E-state index contributed by atoms with van der Waals surface area (Å²) in [6.07, 6.45) is 2.81. The summed E-state index contributed by atoms with van der Waals surface area (Å²) in [5, 5.41) is 0.507. The molecule has 2 aromatic rings. The Hall–Kier alpha value is -0.630. The largest absolute Gasteiger partial charge is 1.00 e. The topological polar surface area (TPSA) is 79.0 Å². The van der Waals surface area contributed by atoms with E-state index in [0.29, 0.717) is 5.16 Å². The molecule has 0 saturated heterocycles. The van der Waals surface area contributed by atoms with Crippen LogP contribution < -0.4 is 45.7 Å². The van der Waals surface area contributed by atoms with Gasteiger partial charge in [-0.05, 0) is 11.9 Å². The first kappa shape index (κ1) is 13.4. The van der Waals surface area contributed by atoms with Crippen LogP contribution >= 0.6 is 11.8 Å². The van der Waals surface area contributed by atoms with Crippen molar-refractivity contribution in [3.8, 4) is 0 Å². The molecule has 0 aliphatic heterocycles. The van der Waals surface area contributed by atoms with E-state index in [4.69, 9.17) is 0 Å². The Morgan fingerprint density at radius 3 is 2.75 bits per heavy atom. The third kappa shape index (κ3) is 2.22. The van der Waals surface area contributed by atoms with E-state index in [-0.39, 0.29) is 46.3 Å². The number of fused-ring (bicyclic) bond motifs is 1.